The van der Waals surface area contributed by atoms with Crippen LogP contribution in [0.25, 0.3) is 0 Å². The fourth-order valence-corrected chi connectivity index (χ4v) is 3.02. The van der Waals surface area contributed by atoms with Crippen molar-refractivity contribution in [2.75, 3.05) is 17.2 Å². The highest BCUT2D eigenvalue weighted by atomic mass is 32.2. The Labute approximate surface area is 175 Å². The number of nitro groups is 1. The minimum Gasteiger partial charge on any atom is -0.444 e. The zero-order valence-electron chi connectivity index (χ0n) is 17.7. The van der Waals surface area contributed by atoms with Gasteiger partial charge >= 0.3 is 6.09 Å². The number of hydrogen-bond acceptors (Lipinski definition) is 7. The number of allylic oxidation sites excluding steroid dienone is 1. The van der Waals surface area contributed by atoms with Gasteiger partial charge in [-0.15, -0.1) is 0 Å². The standard InChI is InChI=1S/C19H29N5O4S/c1-7-13(11-20)29-17(21-8-2)22-14-10-16(24(26)27)15(9-12(14)3)23-18(25)28-19(4,5)6/h9-11H,7-8,20H2,1-6H3,(H,21,22)(H,23,25)/b13-11+. The molecule has 1 aromatic rings. The van der Waals surface area contributed by atoms with Crippen molar-refractivity contribution < 1.29 is 14.5 Å². The molecule has 0 aliphatic rings. The number of nitrogens with one attached hydrogen (secondary N) is 2. The van der Waals surface area contributed by atoms with Crippen LogP contribution in [-0.2, 0) is 4.74 Å². The first-order valence-corrected chi connectivity index (χ1v) is 10.0. The van der Waals surface area contributed by atoms with Crippen molar-refractivity contribution in [1.29, 1.82) is 0 Å². The van der Waals surface area contributed by atoms with E-state index in [9.17, 15) is 14.9 Å². The predicted octanol–water partition coefficient (Wildman–Crippen LogP) is 4.98. The molecule has 0 heterocycles. The van der Waals surface area contributed by atoms with Crippen LogP contribution in [0, 0.1) is 17.0 Å². The van der Waals surface area contributed by atoms with Gasteiger partial charge in [0.2, 0.25) is 0 Å². The second-order valence-corrected chi connectivity index (χ2v) is 8.18. The van der Waals surface area contributed by atoms with Crippen LogP contribution in [0.15, 0.2) is 28.2 Å². The predicted molar refractivity (Wildman–Crippen MR) is 119 cm³/mol. The van der Waals surface area contributed by atoms with E-state index in [4.69, 9.17) is 10.5 Å². The van der Waals surface area contributed by atoms with Crippen LogP contribution < -0.4 is 16.4 Å². The number of ether oxygens (including phenoxy) is 1. The molecule has 29 heavy (non-hydrogen) atoms. The van der Waals surface area contributed by atoms with Crippen LogP contribution in [0.1, 0.15) is 46.6 Å². The van der Waals surface area contributed by atoms with Gasteiger partial charge in [-0.2, -0.15) is 0 Å². The van der Waals surface area contributed by atoms with E-state index >= 15 is 0 Å². The number of aliphatic imine (C=N–C) groups is 1. The molecule has 0 spiro atoms. The molecule has 0 aliphatic heterocycles. The molecular weight excluding hydrogens is 394 g/mol. The molecular formula is C19H29N5O4S. The summed E-state index contributed by atoms with van der Waals surface area (Å²) in [6.07, 6.45) is 1.50. The van der Waals surface area contributed by atoms with Crippen molar-refractivity contribution in [1.82, 2.24) is 0 Å². The van der Waals surface area contributed by atoms with Gasteiger partial charge in [0.1, 0.15) is 11.3 Å². The molecule has 0 saturated heterocycles. The van der Waals surface area contributed by atoms with E-state index in [-0.39, 0.29) is 11.4 Å². The lowest BCUT2D eigenvalue weighted by Gasteiger charge is -2.20. The first-order chi connectivity index (χ1) is 13.5. The second kappa shape index (κ2) is 10.7. The molecule has 1 aromatic carbocycles. The Kier molecular flexibility index (Phi) is 8.96. The molecule has 4 N–H and O–H groups in total. The molecule has 0 bridgehead atoms. The fourth-order valence-electron chi connectivity index (χ4n) is 2.20. The number of anilines is 2. The number of thioether (sulfide) groups is 1. The molecule has 9 nitrogen and oxygen atoms in total. The van der Waals surface area contributed by atoms with Crippen molar-refractivity contribution in [2.24, 2.45) is 10.7 Å². The zero-order valence-corrected chi connectivity index (χ0v) is 18.5. The highest BCUT2D eigenvalue weighted by Gasteiger charge is 2.22. The number of nitrogens with zero attached hydrogens (tertiary/aromatic N) is 2. The molecule has 0 fully saturated rings. The number of carbonyl (C=O) groups excluding carboxylic acids is 1. The molecule has 0 unspecified atom stereocenters. The summed E-state index contributed by atoms with van der Waals surface area (Å²) in [6.45, 7) is 11.3. The molecule has 1 rings (SSSR count). The van der Waals surface area contributed by atoms with E-state index in [0.717, 1.165) is 11.3 Å². The molecule has 0 radical (unpaired) electrons. The van der Waals surface area contributed by atoms with Gasteiger partial charge in [-0.3, -0.25) is 20.4 Å². The second-order valence-electron chi connectivity index (χ2n) is 7.06. The van der Waals surface area contributed by atoms with E-state index in [2.05, 4.69) is 15.6 Å². The summed E-state index contributed by atoms with van der Waals surface area (Å²) in [6, 6.07) is 2.89. The SMILES string of the molecule is CCN=C(Nc1cc([N+](=O)[O-])c(NC(=O)OC(C)(C)C)cc1C)S/C(=C/N)CC. The third kappa shape index (κ3) is 8.02. The smallest absolute Gasteiger partial charge is 0.412 e. The largest absolute Gasteiger partial charge is 0.444 e. The minimum atomic E-state index is -0.759. The quantitative estimate of drug-likeness (QED) is 0.254. The molecule has 10 heteroatoms. The summed E-state index contributed by atoms with van der Waals surface area (Å²) in [5.41, 5.74) is 5.91. The van der Waals surface area contributed by atoms with Crippen LogP contribution in [0.2, 0.25) is 0 Å². The lowest BCUT2D eigenvalue weighted by molar-refractivity contribution is -0.383. The summed E-state index contributed by atoms with van der Waals surface area (Å²) in [5.74, 6) is 0. The van der Waals surface area contributed by atoms with Gasteiger partial charge in [-0.25, -0.2) is 4.79 Å². The number of amidine groups is 1. The van der Waals surface area contributed by atoms with Crippen molar-refractivity contribution in [3.05, 3.63) is 38.9 Å². The van der Waals surface area contributed by atoms with Crippen LogP contribution in [0.4, 0.5) is 21.9 Å². The Balaban J connectivity index is 3.21. The number of carbonyl (C=O) groups is 1. The number of nitrogens with two attached hydrogens (primary N) is 1. The van der Waals surface area contributed by atoms with Gasteiger partial charge < -0.3 is 15.8 Å². The summed E-state index contributed by atoms with van der Waals surface area (Å²) in [5, 5.41) is 17.7. The van der Waals surface area contributed by atoms with Crippen LogP contribution in [0.3, 0.4) is 0 Å². The normalized spacial score (nSPS) is 12.5. The van der Waals surface area contributed by atoms with Crippen molar-refractivity contribution >= 4 is 40.1 Å². The number of rotatable bonds is 6. The maximum absolute atomic E-state index is 12.0. The first kappa shape index (κ1) is 24.3. The monoisotopic (exact) mass is 423 g/mol. The minimum absolute atomic E-state index is 0.0602. The first-order valence-electron chi connectivity index (χ1n) is 9.19. The topological polar surface area (TPSA) is 132 Å². The van der Waals surface area contributed by atoms with Gasteiger partial charge in [-0.1, -0.05) is 18.7 Å². The van der Waals surface area contributed by atoms with Gasteiger partial charge in [0.25, 0.3) is 5.69 Å². The van der Waals surface area contributed by atoms with Gasteiger partial charge in [0.15, 0.2) is 5.17 Å². The fraction of sp³-hybridized carbons (Fsp3) is 0.474. The summed E-state index contributed by atoms with van der Waals surface area (Å²) >= 11 is 1.37. The Hall–Kier alpha value is -2.75. The van der Waals surface area contributed by atoms with E-state index in [0.29, 0.717) is 23.0 Å². The number of hydrogen-bond donors (Lipinski definition) is 3. The highest BCUT2D eigenvalue weighted by molar-refractivity contribution is 8.17. The summed E-state index contributed by atoms with van der Waals surface area (Å²) in [4.78, 5) is 28.3. The van der Waals surface area contributed by atoms with Crippen molar-refractivity contribution in [3.63, 3.8) is 0 Å². The number of amides is 1. The van der Waals surface area contributed by atoms with Crippen LogP contribution >= 0.6 is 11.8 Å². The average molecular weight is 424 g/mol. The Morgan fingerprint density at radius 1 is 1.31 bits per heavy atom. The maximum atomic E-state index is 12.0. The average Bonchev–Trinajstić information content (AvgIpc) is 2.59. The van der Waals surface area contributed by atoms with E-state index in [1.54, 1.807) is 27.7 Å². The number of benzene rings is 1. The lowest BCUT2D eigenvalue weighted by atomic mass is 10.1. The Morgan fingerprint density at radius 3 is 2.45 bits per heavy atom. The van der Waals surface area contributed by atoms with Gasteiger partial charge in [0.05, 0.1) is 4.92 Å². The zero-order chi connectivity index (χ0) is 22.2. The summed E-state index contributed by atoms with van der Waals surface area (Å²) in [7, 11) is 0. The highest BCUT2D eigenvalue weighted by Crippen LogP contribution is 2.33. The third-order valence-electron chi connectivity index (χ3n) is 3.48. The van der Waals surface area contributed by atoms with Crippen molar-refractivity contribution in [2.45, 2.75) is 53.6 Å². The van der Waals surface area contributed by atoms with Crippen LogP contribution in [-0.4, -0.2) is 28.3 Å². The number of aryl methyl sites for hydroxylation is 1. The van der Waals surface area contributed by atoms with E-state index < -0.39 is 16.6 Å². The molecule has 0 saturated carbocycles. The molecule has 1 amide bonds. The van der Waals surface area contributed by atoms with Gasteiger partial charge in [0, 0.05) is 29.4 Å². The van der Waals surface area contributed by atoms with Crippen LogP contribution in [0.5, 0.6) is 0 Å². The van der Waals surface area contributed by atoms with Crippen molar-refractivity contribution in [3.8, 4) is 0 Å². The third-order valence-corrected chi connectivity index (χ3v) is 4.59. The maximum Gasteiger partial charge on any atom is 0.412 e. The molecule has 0 atom stereocenters. The molecule has 0 aromatic heterocycles. The Morgan fingerprint density at radius 2 is 1.97 bits per heavy atom. The Bertz CT molecular complexity index is 816. The van der Waals surface area contributed by atoms with E-state index in [1.807, 2.05) is 13.8 Å². The molecule has 0 aliphatic carbocycles. The lowest BCUT2D eigenvalue weighted by Crippen LogP contribution is -2.27. The number of nitro benzene ring substituents is 1. The molecule has 160 valence electrons. The van der Waals surface area contributed by atoms with Gasteiger partial charge in [-0.05, 0) is 52.7 Å². The van der Waals surface area contributed by atoms with E-state index in [1.165, 1.54) is 30.1 Å². The summed E-state index contributed by atoms with van der Waals surface area (Å²) < 4.78 is 5.18.